The van der Waals surface area contributed by atoms with Crippen LogP contribution in [-0.2, 0) is 11.2 Å². The van der Waals surface area contributed by atoms with Gasteiger partial charge in [-0.05, 0) is 64.8 Å². The molecule has 3 aliphatic heterocycles. The summed E-state index contributed by atoms with van der Waals surface area (Å²) < 4.78 is 17.1. The van der Waals surface area contributed by atoms with Gasteiger partial charge in [0.25, 0.3) is 11.8 Å². The van der Waals surface area contributed by atoms with E-state index < -0.39 is 5.41 Å². The van der Waals surface area contributed by atoms with Crippen molar-refractivity contribution in [1.82, 2.24) is 9.91 Å². The zero-order valence-corrected chi connectivity index (χ0v) is 22.5. The third-order valence-electron chi connectivity index (χ3n) is 7.66. The molecule has 5 rings (SSSR count). The van der Waals surface area contributed by atoms with Gasteiger partial charge in [0.15, 0.2) is 11.5 Å². The van der Waals surface area contributed by atoms with Crippen molar-refractivity contribution in [2.45, 2.75) is 58.6 Å². The Morgan fingerprint density at radius 3 is 2.35 bits per heavy atom. The second kappa shape index (κ2) is 9.08. The molecule has 0 saturated carbocycles. The first-order valence-electron chi connectivity index (χ1n) is 12.8. The summed E-state index contributed by atoms with van der Waals surface area (Å²) in [5, 5.41) is 6.60. The molecular weight excluding hydrogens is 470 g/mol. The molecule has 0 aromatic heterocycles. The van der Waals surface area contributed by atoms with E-state index in [9.17, 15) is 9.59 Å². The number of benzene rings is 2. The second-order valence-electron chi connectivity index (χ2n) is 11.1. The van der Waals surface area contributed by atoms with Gasteiger partial charge in [0.05, 0.1) is 37.0 Å². The van der Waals surface area contributed by atoms with Crippen molar-refractivity contribution < 1.29 is 23.8 Å². The minimum absolute atomic E-state index is 0.0141. The standard InChI is InChI=1S/C29H35N3O5/c1-28(2)17-21-19(11-12-23(36-6)24(21)37-28)25-29(3,4)27(34)32(30-25)18-13-15-31(16-14-18)26(33)20-9-7-8-10-22(20)35-5/h7-12,18H,13-17H2,1-6H3. The third kappa shape index (κ3) is 4.22. The molecule has 2 amide bonds. The van der Waals surface area contributed by atoms with E-state index in [2.05, 4.69) is 13.8 Å². The quantitative estimate of drug-likeness (QED) is 0.606. The Morgan fingerprint density at radius 1 is 1.00 bits per heavy atom. The van der Waals surface area contributed by atoms with Crippen LogP contribution in [0.25, 0.3) is 0 Å². The SMILES string of the molecule is COc1ccccc1C(=O)N1CCC(N2N=C(c3ccc(OC)c4c3CC(C)(C)O4)C(C)(C)C2=O)CC1. The number of hydrazone groups is 1. The molecule has 3 aliphatic rings. The lowest BCUT2D eigenvalue weighted by Crippen LogP contribution is -2.47. The lowest BCUT2D eigenvalue weighted by molar-refractivity contribution is -0.137. The fraction of sp³-hybridized carbons (Fsp3) is 0.483. The van der Waals surface area contributed by atoms with Crippen LogP contribution in [0.1, 0.15) is 62.0 Å². The van der Waals surface area contributed by atoms with Crippen LogP contribution in [0, 0.1) is 5.41 Å². The largest absolute Gasteiger partial charge is 0.496 e. The molecule has 8 nitrogen and oxygen atoms in total. The maximum Gasteiger partial charge on any atom is 0.257 e. The van der Waals surface area contributed by atoms with Gasteiger partial charge in [0.1, 0.15) is 11.4 Å². The molecule has 0 N–H and O–H groups in total. The molecule has 1 saturated heterocycles. The monoisotopic (exact) mass is 505 g/mol. The van der Waals surface area contributed by atoms with Gasteiger partial charge in [-0.15, -0.1) is 0 Å². The zero-order valence-electron chi connectivity index (χ0n) is 22.5. The maximum atomic E-state index is 13.6. The third-order valence-corrected chi connectivity index (χ3v) is 7.66. The Labute approximate surface area is 218 Å². The van der Waals surface area contributed by atoms with Gasteiger partial charge in [0, 0.05) is 30.6 Å². The Hall–Kier alpha value is -3.55. The first-order chi connectivity index (χ1) is 17.6. The summed E-state index contributed by atoms with van der Waals surface area (Å²) in [6.07, 6.45) is 2.04. The van der Waals surface area contributed by atoms with Gasteiger partial charge in [-0.3, -0.25) is 9.59 Å². The number of nitrogens with zero attached hydrogens (tertiary/aromatic N) is 3. The highest BCUT2D eigenvalue weighted by Gasteiger charge is 2.48. The molecule has 8 heteroatoms. The molecule has 0 bridgehead atoms. The van der Waals surface area contributed by atoms with E-state index >= 15 is 0 Å². The summed E-state index contributed by atoms with van der Waals surface area (Å²) in [5.74, 6) is 1.93. The van der Waals surface area contributed by atoms with Crippen LogP contribution in [0.3, 0.4) is 0 Å². The molecule has 0 atom stereocenters. The number of methoxy groups -OCH3 is 2. The molecule has 3 heterocycles. The van der Waals surface area contributed by atoms with E-state index in [-0.39, 0.29) is 23.5 Å². The van der Waals surface area contributed by atoms with Gasteiger partial charge >= 0.3 is 0 Å². The summed E-state index contributed by atoms with van der Waals surface area (Å²) >= 11 is 0. The predicted octanol–water partition coefficient (Wildman–Crippen LogP) is 4.29. The molecule has 0 aliphatic carbocycles. The van der Waals surface area contributed by atoms with Crippen LogP contribution in [0.5, 0.6) is 17.2 Å². The summed E-state index contributed by atoms with van der Waals surface area (Å²) in [7, 11) is 3.21. The van der Waals surface area contributed by atoms with Crippen molar-refractivity contribution >= 4 is 17.5 Å². The Kier molecular flexibility index (Phi) is 6.16. The van der Waals surface area contributed by atoms with Gasteiger partial charge in [-0.25, -0.2) is 5.01 Å². The minimum atomic E-state index is -0.778. The number of carbonyl (C=O) groups excluding carboxylic acids is 2. The molecule has 1 fully saturated rings. The van der Waals surface area contributed by atoms with E-state index in [1.165, 1.54) is 0 Å². The highest BCUT2D eigenvalue weighted by Crippen LogP contribution is 2.46. The van der Waals surface area contributed by atoms with Crippen molar-refractivity contribution in [3.63, 3.8) is 0 Å². The van der Waals surface area contributed by atoms with Crippen LogP contribution in [0.2, 0.25) is 0 Å². The summed E-state index contributed by atoms with van der Waals surface area (Å²) in [4.78, 5) is 28.6. The lowest BCUT2D eigenvalue weighted by Gasteiger charge is -2.35. The molecule has 2 aromatic rings. The number of para-hydroxylation sites is 1. The number of rotatable bonds is 5. The highest BCUT2D eigenvalue weighted by molar-refractivity contribution is 6.20. The van der Waals surface area contributed by atoms with E-state index in [0.29, 0.717) is 49.4 Å². The minimum Gasteiger partial charge on any atom is -0.496 e. The van der Waals surface area contributed by atoms with E-state index in [0.717, 1.165) is 22.6 Å². The van der Waals surface area contributed by atoms with E-state index in [1.54, 1.807) is 31.4 Å². The Bertz CT molecular complexity index is 1270. The Balaban J connectivity index is 1.38. The summed E-state index contributed by atoms with van der Waals surface area (Å²) in [6.45, 7) is 9.08. The van der Waals surface area contributed by atoms with Crippen molar-refractivity contribution in [2.24, 2.45) is 10.5 Å². The molecule has 2 aromatic carbocycles. The number of hydrogen-bond acceptors (Lipinski definition) is 6. The summed E-state index contributed by atoms with van der Waals surface area (Å²) in [6, 6.07) is 11.1. The predicted molar refractivity (Wildman–Crippen MR) is 140 cm³/mol. The van der Waals surface area contributed by atoms with Gasteiger partial charge in [-0.1, -0.05) is 12.1 Å². The van der Waals surface area contributed by atoms with Crippen molar-refractivity contribution in [3.05, 3.63) is 53.1 Å². The number of ether oxygens (including phenoxy) is 3. The molecule has 37 heavy (non-hydrogen) atoms. The molecule has 0 spiro atoms. The van der Waals surface area contributed by atoms with Gasteiger partial charge < -0.3 is 19.1 Å². The van der Waals surface area contributed by atoms with E-state index in [4.69, 9.17) is 19.3 Å². The van der Waals surface area contributed by atoms with Crippen molar-refractivity contribution in [2.75, 3.05) is 27.3 Å². The second-order valence-corrected chi connectivity index (χ2v) is 11.1. The maximum absolute atomic E-state index is 13.6. The molecular formula is C29H35N3O5. The lowest BCUT2D eigenvalue weighted by atomic mass is 9.80. The molecule has 196 valence electrons. The number of fused-ring (bicyclic) bond motifs is 1. The summed E-state index contributed by atoms with van der Waals surface area (Å²) in [5.41, 5.74) is 2.14. The number of hydrogen-bond donors (Lipinski definition) is 0. The zero-order chi connectivity index (χ0) is 26.5. The van der Waals surface area contributed by atoms with Gasteiger partial charge in [0.2, 0.25) is 0 Å². The Morgan fingerprint density at radius 2 is 1.68 bits per heavy atom. The smallest absolute Gasteiger partial charge is 0.257 e. The van der Waals surface area contributed by atoms with Crippen LogP contribution in [-0.4, -0.2) is 66.4 Å². The molecule has 0 unspecified atom stereocenters. The fourth-order valence-corrected chi connectivity index (χ4v) is 5.62. The normalized spacial score (nSPS) is 20.4. The first kappa shape index (κ1) is 25.1. The van der Waals surface area contributed by atoms with Crippen molar-refractivity contribution in [1.29, 1.82) is 0 Å². The fourth-order valence-electron chi connectivity index (χ4n) is 5.62. The number of likely N-dealkylation sites (tertiary alicyclic amines) is 1. The first-order valence-corrected chi connectivity index (χ1v) is 12.8. The van der Waals surface area contributed by atoms with Crippen LogP contribution in [0.4, 0.5) is 0 Å². The van der Waals surface area contributed by atoms with Crippen molar-refractivity contribution in [3.8, 4) is 17.2 Å². The average molecular weight is 506 g/mol. The topological polar surface area (TPSA) is 80.7 Å². The van der Waals surface area contributed by atoms with Crippen LogP contribution in [0.15, 0.2) is 41.5 Å². The van der Waals surface area contributed by atoms with Gasteiger partial charge in [-0.2, -0.15) is 5.10 Å². The highest BCUT2D eigenvalue weighted by atomic mass is 16.5. The van der Waals surface area contributed by atoms with Crippen LogP contribution >= 0.6 is 0 Å². The number of piperidine rings is 1. The molecule has 0 radical (unpaired) electrons. The number of amides is 2. The van der Waals surface area contributed by atoms with E-state index in [1.807, 2.05) is 43.0 Å². The van der Waals surface area contributed by atoms with Crippen LogP contribution < -0.4 is 14.2 Å². The number of carbonyl (C=O) groups is 2. The average Bonchev–Trinajstić information content (AvgIpc) is 3.34.